The zero-order valence-corrected chi connectivity index (χ0v) is 11.4. The van der Waals surface area contributed by atoms with Gasteiger partial charge in [0.15, 0.2) is 9.84 Å². The van der Waals surface area contributed by atoms with Crippen molar-refractivity contribution in [2.75, 3.05) is 12.8 Å². The Morgan fingerprint density at radius 1 is 1.22 bits per heavy atom. The quantitative estimate of drug-likeness (QED) is 0.855. The van der Waals surface area contributed by atoms with Gasteiger partial charge in [0, 0.05) is 5.69 Å². The van der Waals surface area contributed by atoms with Crippen molar-refractivity contribution in [3.63, 3.8) is 0 Å². The lowest BCUT2D eigenvalue weighted by molar-refractivity contribution is 0.401. The molecule has 4 nitrogen and oxygen atoms in total. The topological polar surface area (TPSA) is 69.4 Å². The molecule has 0 radical (unpaired) electrons. The fourth-order valence-electron chi connectivity index (χ4n) is 2.47. The molecule has 1 fully saturated rings. The Bertz CT molecular complexity index is 519. The van der Waals surface area contributed by atoms with Gasteiger partial charge >= 0.3 is 0 Å². The molecule has 100 valence electrons. The second-order valence-electron chi connectivity index (χ2n) is 4.72. The van der Waals surface area contributed by atoms with Crippen molar-refractivity contribution < 1.29 is 13.2 Å². The number of hydrogen-bond acceptors (Lipinski definition) is 4. The van der Waals surface area contributed by atoms with Gasteiger partial charge in [-0.25, -0.2) is 8.42 Å². The lowest BCUT2D eigenvalue weighted by Crippen LogP contribution is -2.24. The third-order valence-electron chi connectivity index (χ3n) is 3.49. The maximum atomic E-state index is 12.6. The number of methoxy groups -OCH3 is 1. The van der Waals surface area contributed by atoms with E-state index in [1.807, 2.05) is 0 Å². The smallest absolute Gasteiger partial charge is 0.184 e. The van der Waals surface area contributed by atoms with E-state index < -0.39 is 9.84 Å². The van der Waals surface area contributed by atoms with Crippen molar-refractivity contribution >= 4 is 15.5 Å². The van der Waals surface area contributed by atoms with E-state index in [1.54, 1.807) is 12.1 Å². The van der Waals surface area contributed by atoms with E-state index >= 15 is 0 Å². The van der Waals surface area contributed by atoms with E-state index in [9.17, 15) is 8.42 Å². The largest absolute Gasteiger partial charge is 0.495 e. The minimum absolute atomic E-state index is 0.233. The van der Waals surface area contributed by atoms with Gasteiger partial charge < -0.3 is 10.5 Å². The molecule has 0 amide bonds. The number of hydrogen-bond donors (Lipinski definition) is 1. The van der Waals surface area contributed by atoms with E-state index in [0.29, 0.717) is 11.4 Å². The highest BCUT2D eigenvalue weighted by Gasteiger charge is 2.31. The highest BCUT2D eigenvalue weighted by Crippen LogP contribution is 2.34. The number of ether oxygens (including phenoxy) is 1. The van der Waals surface area contributed by atoms with Crippen molar-refractivity contribution in [1.82, 2.24) is 0 Å². The van der Waals surface area contributed by atoms with Crippen LogP contribution in [0.15, 0.2) is 23.1 Å². The number of anilines is 1. The summed E-state index contributed by atoms with van der Waals surface area (Å²) in [6.07, 6.45) is 4.56. The predicted octanol–water partition coefficient (Wildman–Crippen LogP) is 2.38. The van der Waals surface area contributed by atoms with Crippen LogP contribution in [0.25, 0.3) is 0 Å². The number of sulfone groups is 1. The van der Waals surface area contributed by atoms with Crippen molar-refractivity contribution in [3.05, 3.63) is 18.2 Å². The van der Waals surface area contributed by atoms with Crippen LogP contribution in [-0.2, 0) is 9.84 Å². The lowest BCUT2D eigenvalue weighted by Gasteiger charge is -2.22. The zero-order valence-electron chi connectivity index (χ0n) is 10.6. The summed E-state index contributed by atoms with van der Waals surface area (Å²) in [4.78, 5) is 0.233. The normalized spacial score (nSPS) is 17.6. The van der Waals surface area contributed by atoms with Gasteiger partial charge in [-0.1, -0.05) is 19.3 Å². The first-order valence-corrected chi connectivity index (χ1v) is 7.78. The number of rotatable bonds is 3. The molecule has 0 heterocycles. The van der Waals surface area contributed by atoms with Crippen molar-refractivity contribution in [1.29, 1.82) is 0 Å². The van der Waals surface area contributed by atoms with E-state index in [0.717, 1.165) is 32.1 Å². The standard InChI is InChI=1S/C13H19NO3S/c1-17-12-8-7-10(14)9-13(12)18(15,16)11-5-3-2-4-6-11/h7-9,11H,2-6,14H2,1H3. The Kier molecular flexibility index (Phi) is 3.80. The summed E-state index contributed by atoms with van der Waals surface area (Å²) in [6, 6.07) is 4.77. The molecule has 2 N–H and O–H groups in total. The fraction of sp³-hybridized carbons (Fsp3) is 0.538. The van der Waals surface area contributed by atoms with Crippen LogP contribution >= 0.6 is 0 Å². The Morgan fingerprint density at radius 2 is 1.89 bits per heavy atom. The summed E-state index contributed by atoms with van der Waals surface area (Å²) in [5.74, 6) is 0.384. The lowest BCUT2D eigenvalue weighted by atomic mass is 10.0. The number of benzene rings is 1. The van der Waals surface area contributed by atoms with Crippen LogP contribution < -0.4 is 10.5 Å². The molecule has 0 saturated heterocycles. The summed E-state index contributed by atoms with van der Waals surface area (Å²) < 4.78 is 30.3. The summed E-state index contributed by atoms with van der Waals surface area (Å²) in [5, 5.41) is -0.290. The van der Waals surface area contributed by atoms with Crippen LogP contribution in [0.3, 0.4) is 0 Å². The van der Waals surface area contributed by atoms with Crippen LogP contribution in [0.4, 0.5) is 5.69 Å². The highest BCUT2D eigenvalue weighted by atomic mass is 32.2. The highest BCUT2D eigenvalue weighted by molar-refractivity contribution is 7.92. The first-order valence-electron chi connectivity index (χ1n) is 6.23. The monoisotopic (exact) mass is 269 g/mol. The van der Waals surface area contributed by atoms with Crippen LogP contribution in [0, 0.1) is 0 Å². The molecular formula is C13H19NO3S. The van der Waals surface area contributed by atoms with E-state index in [1.165, 1.54) is 13.2 Å². The molecular weight excluding hydrogens is 250 g/mol. The Hall–Kier alpha value is -1.23. The average Bonchev–Trinajstić information content (AvgIpc) is 2.39. The van der Waals surface area contributed by atoms with Crippen LogP contribution in [0.1, 0.15) is 32.1 Å². The second-order valence-corrected chi connectivity index (χ2v) is 6.91. The van der Waals surface area contributed by atoms with Gasteiger partial charge in [-0.3, -0.25) is 0 Å². The summed E-state index contributed by atoms with van der Waals surface area (Å²) in [6.45, 7) is 0. The van der Waals surface area contributed by atoms with E-state index in [-0.39, 0.29) is 10.1 Å². The SMILES string of the molecule is COc1ccc(N)cc1S(=O)(=O)C1CCCCC1. The molecule has 0 bridgehead atoms. The van der Waals surface area contributed by atoms with Gasteiger partial charge in [-0.2, -0.15) is 0 Å². The summed E-state index contributed by atoms with van der Waals surface area (Å²) >= 11 is 0. The molecule has 2 rings (SSSR count). The van der Waals surface area contributed by atoms with Gasteiger partial charge in [0.05, 0.1) is 12.4 Å². The van der Waals surface area contributed by atoms with Gasteiger partial charge in [0.1, 0.15) is 10.6 Å². The van der Waals surface area contributed by atoms with Crippen molar-refractivity contribution in [2.24, 2.45) is 0 Å². The zero-order chi connectivity index (χ0) is 13.2. The maximum absolute atomic E-state index is 12.6. The molecule has 18 heavy (non-hydrogen) atoms. The Balaban J connectivity index is 2.42. The molecule has 1 aromatic rings. The van der Waals surface area contributed by atoms with Crippen molar-refractivity contribution in [3.8, 4) is 5.75 Å². The van der Waals surface area contributed by atoms with Crippen LogP contribution in [-0.4, -0.2) is 20.8 Å². The van der Waals surface area contributed by atoms with E-state index in [2.05, 4.69) is 0 Å². The third-order valence-corrected chi connectivity index (χ3v) is 5.77. The molecule has 1 saturated carbocycles. The molecule has 0 atom stereocenters. The predicted molar refractivity (Wildman–Crippen MR) is 71.5 cm³/mol. The molecule has 0 spiro atoms. The maximum Gasteiger partial charge on any atom is 0.184 e. The molecule has 1 aliphatic rings. The second kappa shape index (κ2) is 5.18. The first kappa shape index (κ1) is 13.2. The Labute approximate surface area is 108 Å². The molecule has 1 aliphatic carbocycles. The molecule has 0 unspecified atom stereocenters. The molecule has 0 aliphatic heterocycles. The Morgan fingerprint density at radius 3 is 2.50 bits per heavy atom. The molecule has 5 heteroatoms. The average molecular weight is 269 g/mol. The molecule has 0 aromatic heterocycles. The first-order chi connectivity index (χ1) is 8.55. The van der Waals surface area contributed by atoms with Crippen molar-refractivity contribution in [2.45, 2.75) is 42.2 Å². The van der Waals surface area contributed by atoms with Crippen LogP contribution in [0.2, 0.25) is 0 Å². The van der Waals surface area contributed by atoms with Crippen LogP contribution in [0.5, 0.6) is 5.75 Å². The third kappa shape index (κ3) is 2.46. The van der Waals surface area contributed by atoms with Gasteiger partial charge in [0.25, 0.3) is 0 Å². The summed E-state index contributed by atoms with van der Waals surface area (Å²) in [5.41, 5.74) is 6.14. The van der Waals surface area contributed by atoms with Gasteiger partial charge in [-0.15, -0.1) is 0 Å². The number of nitrogen functional groups attached to an aromatic ring is 1. The number of nitrogens with two attached hydrogens (primary N) is 1. The summed E-state index contributed by atoms with van der Waals surface area (Å²) in [7, 11) is -1.85. The van der Waals surface area contributed by atoms with Gasteiger partial charge in [0.2, 0.25) is 0 Å². The fourth-order valence-corrected chi connectivity index (χ4v) is 4.52. The minimum Gasteiger partial charge on any atom is -0.495 e. The van der Waals surface area contributed by atoms with Gasteiger partial charge in [-0.05, 0) is 31.0 Å². The van der Waals surface area contributed by atoms with E-state index in [4.69, 9.17) is 10.5 Å². The molecule has 1 aromatic carbocycles. The minimum atomic E-state index is -3.33.